The van der Waals surface area contributed by atoms with Crippen molar-refractivity contribution in [2.24, 2.45) is 0 Å². The Morgan fingerprint density at radius 2 is 2.38 bits per heavy atom. The van der Waals surface area contributed by atoms with Crippen LogP contribution in [0.5, 0.6) is 0 Å². The van der Waals surface area contributed by atoms with E-state index in [2.05, 4.69) is 4.98 Å². The van der Waals surface area contributed by atoms with E-state index in [1.54, 1.807) is 19.1 Å². The maximum Gasteiger partial charge on any atom is 0.337 e. The number of fused-ring (bicyclic) bond motifs is 1. The van der Waals surface area contributed by atoms with E-state index in [1.807, 2.05) is 0 Å². The average Bonchev–Trinajstić information content (AvgIpc) is 2.48. The van der Waals surface area contributed by atoms with E-state index in [0.29, 0.717) is 16.8 Å². The second-order valence-corrected chi connectivity index (χ2v) is 2.74. The van der Waals surface area contributed by atoms with Crippen LogP contribution in [0, 0.1) is 6.92 Å². The lowest BCUT2D eigenvalue weighted by Gasteiger charge is -1.97. The molecule has 0 spiro atoms. The summed E-state index contributed by atoms with van der Waals surface area (Å²) in [6, 6.07) is 3.25. The van der Waals surface area contributed by atoms with E-state index >= 15 is 0 Å². The minimum absolute atomic E-state index is 0.217. The number of pyridine rings is 1. The van der Waals surface area contributed by atoms with Crippen LogP contribution >= 0.6 is 0 Å². The Morgan fingerprint density at radius 3 is 3.08 bits per heavy atom. The van der Waals surface area contributed by atoms with Crippen LogP contribution in [0.1, 0.15) is 16.1 Å². The molecule has 4 nitrogen and oxygen atoms in total. The minimum Gasteiger partial charge on any atom is -0.478 e. The van der Waals surface area contributed by atoms with Crippen molar-refractivity contribution in [1.82, 2.24) is 4.98 Å². The lowest BCUT2D eigenvalue weighted by Crippen LogP contribution is -2.00. The van der Waals surface area contributed by atoms with Crippen LogP contribution in [0.15, 0.2) is 22.8 Å². The van der Waals surface area contributed by atoms with Crippen molar-refractivity contribution < 1.29 is 14.3 Å². The fraction of sp³-hybridized carbons (Fsp3) is 0.111. The molecule has 0 saturated heterocycles. The molecule has 13 heavy (non-hydrogen) atoms. The highest BCUT2D eigenvalue weighted by molar-refractivity contribution is 5.92. The predicted octanol–water partition coefficient (Wildman–Crippen LogP) is 1.83. The maximum absolute atomic E-state index is 10.7. The first kappa shape index (κ1) is 7.79. The Kier molecular flexibility index (Phi) is 1.55. The van der Waals surface area contributed by atoms with Gasteiger partial charge >= 0.3 is 5.97 Å². The zero-order chi connectivity index (χ0) is 9.42. The van der Waals surface area contributed by atoms with E-state index in [9.17, 15) is 4.79 Å². The molecule has 0 unspecified atom stereocenters. The van der Waals surface area contributed by atoms with Gasteiger partial charge in [0.05, 0.1) is 17.5 Å². The van der Waals surface area contributed by atoms with Gasteiger partial charge in [-0.3, -0.25) is 0 Å². The summed E-state index contributed by atoms with van der Waals surface area (Å²) >= 11 is 0. The summed E-state index contributed by atoms with van der Waals surface area (Å²) in [5, 5.41) is 9.50. The summed E-state index contributed by atoms with van der Waals surface area (Å²) in [5.74, 6) is -0.965. The molecule has 0 aromatic carbocycles. The number of rotatable bonds is 1. The molecule has 0 aliphatic rings. The van der Waals surface area contributed by atoms with Crippen LogP contribution in [0.2, 0.25) is 0 Å². The van der Waals surface area contributed by atoms with Gasteiger partial charge in [0.1, 0.15) is 0 Å². The van der Waals surface area contributed by atoms with Gasteiger partial charge in [-0.05, 0) is 19.1 Å². The predicted molar refractivity (Wildman–Crippen MR) is 45.7 cm³/mol. The zero-order valence-corrected chi connectivity index (χ0v) is 6.94. The number of hydrogen-bond donors (Lipinski definition) is 1. The van der Waals surface area contributed by atoms with Gasteiger partial charge in [-0.15, -0.1) is 0 Å². The van der Waals surface area contributed by atoms with Crippen LogP contribution in [0.3, 0.4) is 0 Å². The number of nitrogens with zero attached hydrogens (tertiary/aromatic N) is 1. The third-order valence-corrected chi connectivity index (χ3v) is 1.86. The first-order chi connectivity index (χ1) is 6.18. The summed E-state index contributed by atoms with van der Waals surface area (Å²) in [6.45, 7) is 1.64. The molecule has 2 aromatic rings. The molecule has 2 heterocycles. The molecule has 1 N–H and O–H groups in total. The number of carboxylic acids is 1. The zero-order valence-electron chi connectivity index (χ0n) is 6.94. The van der Waals surface area contributed by atoms with E-state index in [1.165, 1.54) is 6.26 Å². The first-order valence-electron chi connectivity index (χ1n) is 3.76. The fourth-order valence-corrected chi connectivity index (χ4v) is 1.20. The van der Waals surface area contributed by atoms with Gasteiger partial charge in [0.25, 0.3) is 0 Å². The summed E-state index contributed by atoms with van der Waals surface area (Å²) in [6.07, 6.45) is 1.49. The molecule has 0 atom stereocenters. The molecule has 2 aromatic heterocycles. The van der Waals surface area contributed by atoms with Crippen molar-refractivity contribution in [2.45, 2.75) is 6.92 Å². The topological polar surface area (TPSA) is 63.3 Å². The molecule has 66 valence electrons. The van der Waals surface area contributed by atoms with Gasteiger partial charge in [0.2, 0.25) is 5.71 Å². The van der Waals surface area contributed by atoms with Gasteiger partial charge in [-0.1, -0.05) is 0 Å². The minimum atomic E-state index is -0.965. The number of carboxylic acid groups (broad SMARTS) is 1. The second kappa shape index (κ2) is 2.58. The molecular weight excluding hydrogens is 170 g/mol. The average molecular weight is 177 g/mol. The highest BCUT2D eigenvalue weighted by Gasteiger charge is 2.10. The molecule has 0 amide bonds. The highest BCUT2D eigenvalue weighted by Crippen LogP contribution is 2.16. The van der Waals surface area contributed by atoms with Crippen LogP contribution in [-0.2, 0) is 0 Å². The molecule has 0 radical (unpaired) electrons. The Labute approximate surface area is 73.8 Å². The Hall–Kier alpha value is -1.84. The number of aryl methyl sites for hydroxylation is 1. The van der Waals surface area contributed by atoms with E-state index in [4.69, 9.17) is 9.52 Å². The number of furan rings is 1. The Morgan fingerprint density at radius 1 is 1.62 bits per heavy atom. The maximum atomic E-state index is 10.7. The number of hydrogen-bond acceptors (Lipinski definition) is 3. The Bertz CT molecular complexity index is 473. The van der Waals surface area contributed by atoms with Crippen molar-refractivity contribution in [3.8, 4) is 0 Å². The molecule has 4 heteroatoms. The van der Waals surface area contributed by atoms with Gasteiger partial charge in [-0.2, -0.15) is 0 Å². The van der Waals surface area contributed by atoms with Crippen molar-refractivity contribution >= 4 is 17.1 Å². The molecule has 2 rings (SSSR count). The van der Waals surface area contributed by atoms with Gasteiger partial charge in [-0.25, -0.2) is 9.78 Å². The van der Waals surface area contributed by atoms with Crippen LogP contribution in [0.25, 0.3) is 11.1 Å². The standard InChI is InChI=1S/C9H7NO3/c1-5-7(9(11)12)4-6-2-3-13-8(6)10-5/h2-4H,1H3,(H,11,12). The lowest BCUT2D eigenvalue weighted by molar-refractivity contribution is 0.0696. The van der Waals surface area contributed by atoms with Crippen LogP contribution in [0.4, 0.5) is 0 Å². The van der Waals surface area contributed by atoms with E-state index in [0.717, 1.165) is 0 Å². The number of aromatic nitrogens is 1. The van der Waals surface area contributed by atoms with Crippen molar-refractivity contribution in [3.05, 3.63) is 29.7 Å². The van der Waals surface area contributed by atoms with E-state index in [-0.39, 0.29) is 5.56 Å². The number of aromatic carboxylic acids is 1. The molecule has 0 bridgehead atoms. The van der Waals surface area contributed by atoms with Crippen LogP contribution in [-0.4, -0.2) is 16.1 Å². The summed E-state index contributed by atoms with van der Waals surface area (Å²) < 4.78 is 5.03. The smallest absolute Gasteiger partial charge is 0.337 e. The quantitative estimate of drug-likeness (QED) is 0.721. The second-order valence-electron chi connectivity index (χ2n) is 2.74. The van der Waals surface area contributed by atoms with Crippen molar-refractivity contribution in [2.75, 3.05) is 0 Å². The fourth-order valence-electron chi connectivity index (χ4n) is 1.20. The molecule has 0 fully saturated rings. The third kappa shape index (κ3) is 1.16. The van der Waals surface area contributed by atoms with Crippen LogP contribution < -0.4 is 0 Å². The summed E-state index contributed by atoms with van der Waals surface area (Å²) in [7, 11) is 0. The largest absolute Gasteiger partial charge is 0.478 e. The third-order valence-electron chi connectivity index (χ3n) is 1.86. The molecule has 0 aliphatic carbocycles. The molecule has 0 saturated carbocycles. The normalized spacial score (nSPS) is 10.5. The van der Waals surface area contributed by atoms with Crippen molar-refractivity contribution in [3.63, 3.8) is 0 Å². The van der Waals surface area contributed by atoms with Crippen molar-refractivity contribution in [1.29, 1.82) is 0 Å². The monoisotopic (exact) mass is 177 g/mol. The summed E-state index contributed by atoms with van der Waals surface area (Å²) in [5.41, 5.74) is 1.16. The summed E-state index contributed by atoms with van der Waals surface area (Å²) in [4.78, 5) is 14.7. The van der Waals surface area contributed by atoms with Gasteiger partial charge < -0.3 is 9.52 Å². The Balaban J connectivity index is 2.76. The SMILES string of the molecule is Cc1nc2occc2cc1C(=O)O. The molecule has 0 aliphatic heterocycles. The van der Waals surface area contributed by atoms with Gasteiger partial charge in [0, 0.05) is 5.39 Å². The van der Waals surface area contributed by atoms with Gasteiger partial charge in [0.15, 0.2) is 0 Å². The van der Waals surface area contributed by atoms with E-state index < -0.39 is 5.97 Å². The molecular formula is C9H7NO3. The first-order valence-corrected chi connectivity index (χ1v) is 3.76. The number of carbonyl (C=O) groups is 1. The lowest BCUT2D eigenvalue weighted by atomic mass is 10.2. The highest BCUT2D eigenvalue weighted by atomic mass is 16.4.